The van der Waals surface area contributed by atoms with Gasteiger partial charge in [0, 0.05) is 30.7 Å². The Labute approximate surface area is 179 Å². The van der Waals surface area contributed by atoms with Gasteiger partial charge in [-0.3, -0.25) is 24.9 Å². The summed E-state index contributed by atoms with van der Waals surface area (Å²) in [5, 5.41) is 29.8. The van der Waals surface area contributed by atoms with E-state index in [1.807, 2.05) is 0 Å². The minimum atomic E-state index is -0.735. The van der Waals surface area contributed by atoms with Gasteiger partial charge in [0.2, 0.25) is 5.91 Å². The number of amides is 2. The zero-order valence-electron chi connectivity index (χ0n) is 17.2. The normalized spacial score (nSPS) is 12.5. The predicted octanol–water partition coefficient (Wildman–Crippen LogP) is 1.79. The maximum Gasteiger partial charge on any atom is 0.269 e. The van der Waals surface area contributed by atoms with E-state index < -0.39 is 35.3 Å². The van der Waals surface area contributed by atoms with E-state index in [2.05, 4.69) is 0 Å². The van der Waals surface area contributed by atoms with E-state index in [-0.39, 0.29) is 24.1 Å². The molecule has 0 saturated carbocycles. The number of aliphatic hydroxyl groups excluding tert-OH is 1. The third-order valence-electron chi connectivity index (χ3n) is 5.06. The van der Waals surface area contributed by atoms with Crippen molar-refractivity contribution in [1.82, 2.24) is 10.4 Å². The molecule has 0 bridgehead atoms. The average Bonchev–Trinajstić information content (AvgIpc) is 2.80. The number of ether oxygens (including phenoxy) is 1. The van der Waals surface area contributed by atoms with E-state index >= 15 is 0 Å². The van der Waals surface area contributed by atoms with Crippen molar-refractivity contribution in [2.24, 2.45) is 5.92 Å². The number of nitrogens with one attached hydrogen (secondary N) is 1. The molecule has 2 rings (SSSR count). The minimum absolute atomic E-state index is 0.0787. The van der Waals surface area contributed by atoms with Gasteiger partial charge in [-0.25, -0.2) is 5.48 Å². The average molecular weight is 431 g/mol. The molecular formula is C21H25N3O7. The first-order valence-electron chi connectivity index (χ1n) is 9.50. The minimum Gasteiger partial charge on any atom is -0.497 e. The van der Waals surface area contributed by atoms with Crippen LogP contribution in [-0.4, -0.2) is 58.8 Å². The fourth-order valence-corrected chi connectivity index (χ4v) is 3.24. The van der Waals surface area contributed by atoms with Crippen molar-refractivity contribution in [3.8, 4) is 5.75 Å². The molecule has 10 heteroatoms. The van der Waals surface area contributed by atoms with E-state index in [1.165, 1.54) is 43.3 Å². The number of nitro benzene ring substituents is 1. The highest BCUT2D eigenvalue weighted by molar-refractivity contribution is 5.94. The highest BCUT2D eigenvalue weighted by Gasteiger charge is 2.28. The largest absolute Gasteiger partial charge is 0.497 e. The summed E-state index contributed by atoms with van der Waals surface area (Å²) >= 11 is 0. The Bertz CT molecular complexity index is 917. The number of hydrogen-bond donors (Lipinski definition) is 3. The van der Waals surface area contributed by atoms with Crippen molar-refractivity contribution in [3.05, 3.63) is 69.8 Å². The van der Waals surface area contributed by atoms with Crippen LogP contribution in [0.2, 0.25) is 0 Å². The summed E-state index contributed by atoms with van der Waals surface area (Å²) in [5.41, 5.74) is 2.49. The highest BCUT2D eigenvalue weighted by atomic mass is 16.6. The van der Waals surface area contributed by atoms with Crippen LogP contribution in [0.25, 0.3) is 0 Å². The lowest BCUT2D eigenvalue weighted by Gasteiger charge is -2.29. The molecule has 166 valence electrons. The van der Waals surface area contributed by atoms with Gasteiger partial charge in [0.15, 0.2) is 0 Å². The van der Waals surface area contributed by atoms with E-state index in [0.29, 0.717) is 5.75 Å². The lowest BCUT2D eigenvalue weighted by molar-refractivity contribution is -0.384. The number of likely N-dealkylation sites (N-methyl/N-ethyl adjacent to an activating group) is 1. The van der Waals surface area contributed by atoms with Gasteiger partial charge >= 0.3 is 0 Å². The van der Waals surface area contributed by atoms with Gasteiger partial charge in [0.25, 0.3) is 11.6 Å². The monoisotopic (exact) mass is 431 g/mol. The summed E-state index contributed by atoms with van der Waals surface area (Å²) in [5.74, 6) is -1.22. The van der Waals surface area contributed by atoms with Gasteiger partial charge in [-0.2, -0.15) is 0 Å². The lowest BCUT2D eigenvalue weighted by atomic mass is 9.91. The molecular weight excluding hydrogens is 406 g/mol. The van der Waals surface area contributed by atoms with E-state index in [1.54, 1.807) is 29.7 Å². The Hall–Kier alpha value is -3.50. The molecule has 0 aromatic heterocycles. The fourth-order valence-electron chi connectivity index (χ4n) is 3.24. The molecule has 0 aliphatic heterocycles. The summed E-state index contributed by atoms with van der Waals surface area (Å²) < 4.78 is 5.18. The van der Waals surface area contributed by atoms with Crippen molar-refractivity contribution in [1.29, 1.82) is 0 Å². The molecule has 0 heterocycles. The van der Waals surface area contributed by atoms with Crippen LogP contribution in [-0.2, 0) is 11.2 Å². The first kappa shape index (κ1) is 23.8. The molecule has 0 aliphatic carbocycles. The summed E-state index contributed by atoms with van der Waals surface area (Å²) in [6.07, 6.45) is 0.328. The van der Waals surface area contributed by atoms with E-state index in [0.717, 1.165) is 5.56 Å². The van der Waals surface area contributed by atoms with Crippen LogP contribution in [0.4, 0.5) is 5.69 Å². The zero-order chi connectivity index (χ0) is 23.0. The van der Waals surface area contributed by atoms with Crippen molar-refractivity contribution < 1.29 is 29.6 Å². The molecule has 31 heavy (non-hydrogen) atoms. The smallest absolute Gasteiger partial charge is 0.269 e. The van der Waals surface area contributed by atoms with Gasteiger partial charge in [0.1, 0.15) is 5.75 Å². The Balaban J connectivity index is 2.17. The van der Waals surface area contributed by atoms with Gasteiger partial charge < -0.3 is 14.7 Å². The molecule has 0 aliphatic rings. The van der Waals surface area contributed by atoms with Crippen molar-refractivity contribution in [3.63, 3.8) is 0 Å². The predicted molar refractivity (Wildman–Crippen MR) is 111 cm³/mol. The van der Waals surface area contributed by atoms with Gasteiger partial charge in [-0.05, 0) is 42.7 Å². The third kappa shape index (κ3) is 6.24. The number of aliphatic hydroxyl groups is 1. The Morgan fingerprint density at radius 2 is 1.90 bits per heavy atom. The number of non-ortho nitro benzene ring substituents is 1. The zero-order valence-corrected chi connectivity index (χ0v) is 17.2. The maximum absolute atomic E-state index is 12.8. The molecule has 0 saturated heterocycles. The SMILES string of the molecule is COc1cccc(C[C@@H](C[C@@H](CO)N(C)C(=O)c2ccc([N+](=O)[O-])cc2)C(=O)NO)c1. The molecule has 3 N–H and O–H groups in total. The quantitative estimate of drug-likeness (QED) is 0.296. The van der Waals surface area contributed by atoms with Crippen molar-refractivity contribution >= 4 is 17.5 Å². The van der Waals surface area contributed by atoms with Crippen LogP contribution < -0.4 is 10.2 Å². The van der Waals surface area contributed by atoms with Crippen molar-refractivity contribution in [2.75, 3.05) is 20.8 Å². The molecule has 0 fully saturated rings. The third-order valence-corrected chi connectivity index (χ3v) is 5.06. The number of nitro groups is 1. The molecule has 2 atom stereocenters. The van der Waals surface area contributed by atoms with Crippen LogP contribution in [0, 0.1) is 16.0 Å². The number of methoxy groups -OCH3 is 1. The summed E-state index contributed by atoms with van der Waals surface area (Å²) in [6.45, 7) is -0.414. The molecule has 2 aromatic rings. The number of hydrogen-bond acceptors (Lipinski definition) is 7. The Morgan fingerprint density at radius 3 is 2.45 bits per heavy atom. The fraction of sp³-hybridized carbons (Fsp3) is 0.333. The van der Waals surface area contributed by atoms with Crippen LogP contribution in [0.5, 0.6) is 5.75 Å². The maximum atomic E-state index is 12.8. The molecule has 0 radical (unpaired) electrons. The highest BCUT2D eigenvalue weighted by Crippen LogP contribution is 2.22. The molecule has 10 nitrogen and oxygen atoms in total. The number of nitrogens with zero attached hydrogens (tertiary/aromatic N) is 2. The topological polar surface area (TPSA) is 142 Å². The number of benzene rings is 2. The number of hydroxylamine groups is 1. The first-order chi connectivity index (χ1) is 14.8. The molecule has 0 unspecified atom stereocenters. The standard InChI is InChI=1S/C21H25N3O7/c1-23(21(27)15-6-8-17(9-7-15)24(29)30)18(13-25)12-16(20(26)22-28)10-14-4-3-5-19(11-14)31-2/h3-9,11,16,18,25,28H,10,12-13H2,1-2H3,(H,22,26)/t16-,18-/m0/s1. The summed E-state index contributed by atoms with van der Waals surface area (Å²) in [6, 6.07) is 11.5. The Kier molecular flexibility index (Phi) is 8.47. The Morgan fingerprint density at radius 1 is 1.23 bits per heavy atom. The second kappa shape index (κ2) is 11.0. The molecule has 0 spiro atoms. The number of carbonyl (C=O) groups excluding carboxylic acids is 2. The second-order valence-corrected chi connectivity index (χ2v) is 7.02. The summed E-state index contributed by atoms with van der Waals surface area (Å²) in [4.78, 5) is 36.5. The van der Waals surface area contributed by atoms with E-state index in [9.17, 15) is 24.8 Å². The van der Waals surface area contributed by atoms with Gasteiger partial charge in [0.05, 0.1) is 24.7 Å². The molecule has 2 aromatic carbocycles. The van der Waals surface area contributed by atoms with Crippen LogP contribution in [0.1, 0.15) is 22.3 Å². The van der Waals surface area contributed by atoms with Crippen molar-refractivity contribution in [2.45, 2.75) is 18.9 Å². The van der Waals surface area contributed by atoms with Gasteiger partial charge in [-0.1, -0.05) is 12.1 Å². The molecule has 2 amide bonds. The number of rotatable bonds is 10. The second-order valence-electron chi connectivity index (χ2n) is 7.02. The van der Waals surface area contributed by atoms with E-state index in [4.69, 9.17) is 9.94 Å². The lowest BCUT2D eigenvalue weighted by Crippen LogP contribution is -2.43. The van der Waals surface area contributed by atoms with Gasteiger partial charge in [-0.15, -0.1) is 0 Å². The first-order valence-corrected chi connectivity index (χ1v) is 9.50. The van der Waals surface area contributed by atoms with Crippen LogP contribution >= 0.6 is 0 Å². The summed E-state index contributed by atoms with van der Waals surface area (Å²) in [7, 11) is 3.00. The van der Waals surface area contributed by atoms with Crippen LogP contribution in [0.3, 0.4) is 0 Å². The number of carbonyl (C=O) groups is 2. The van der Waals surface area contributed by atoms with Crippen LogP contribution in [0.15, 0.2) is 48.5 Å².